The van der Waals surface area contributed by atoms with Gasteiger partial charge in [0, 0.05) is 18.7 Å². The molecule has 2 aromatic carbocycles. The SMILES string of the molecule is CCc1ccc([C@@H](C)NC(=O)c2cccc(S(=O)(=O)N3CCCCCC3)c2)cc1. The smallest absolute Gasteiger partial charge is 0.251 e. The first-order valence-corrected chi connectivity index (χ1v) is 11.9. The van der Waals surface area contributed by atoms with Gasteiger partial charge in [0.1, 0.15) is 0 Å². The second kappa shape index (κ2) is 9.55. The average Bonchev–Trinajstić information content (AvgIpc) is 3.04. The van der Waals surface area contributed by atoms with Gasteiger partial charge in [-0.2, -0.15) is 4.31 Å². The van der Waals surface area contributed by atoms with Gasteiger partial charge in [-0.3, -0.25) is 4.79 Å². The highest BCUT2D eigenvalue weighted by Crippen LogP contribution is 2.22. The Morgan fingerprint density at radius 1 is 1.03 bits per heavy atom. The van der Waals surface area contributed by atoms with Gasteiger partial charge in [0.25, 0.3) is 5.91 Å². The van der Waals surface area contributed by atoms with Crippen LogP contribution in [0.25, 0.3) is 0 Å². The van der Waals surface area contributed by atoms with E-state index in [0.717, 1.165) is 37.7 Å². The molecule has 0 aromatic heterocycles. The monoisotopic (exact) mass is 414 g/mol. The number of benzene rings is 2. The first kappa shape index (κ1) is 21.5. The Bertz CT molecular complexity index is 931. The van der Waals surface area contributed by atoms with Crippen molar-refractivity contribution in [2.45, 2.75) is 56.9 Å². The van der Waals surface area contributed by atoms with Crippen molar-refractivity contribution in [2.24, 2.45) is 0 Å². The number of rotatable bonds is 6. The van der Waals surface area contributed by atoms with Crippen LogP contribution in [0.5, 0.6) is 0 Å². The summed E-state index contributed by atoms with van der Waals surface area (Å²) in [7, 11) is -3.58. The third kappa shape index (κ3) is 5.25. The molecule has 0 saturated carbocycles. The second-order valence-electron chi connectivity index (χ2n) is 7.64. The van der Waals surface area contributed by atoms with Crippen molar-refractivity contribution < 1.29 is 13.2 Å². The number of carbonyl (C=O) groups is 1. The summed E-state index contributed by atoms with van der Waals surface area (Å²) < 4.78 is 27.6. The molecule has 1 atom stereocenters. The molecule has 1 N–H and O–H groups in total. The summed E-state index contributed by atoms with van der Waals surface area (Å²) in [6.07, 6.45) is 4.86. The van der Waals surface area contributed by atoms with E-state index in [2.05, 4.69) is 24.4 Å². The molecule has 1 heterocycles. The standard InChI is InChI=1S/C23H30N2O3S/c1-3-19-11-13-20(14-12-19)18(2)24-23(26)21-9-8-10-22(17-21)29(27,28)25-15-6-4-5-7-16-25/h8-14,17-18H,3-7,15-16H2,1-2H3,(H,24,26)/t18-/m1/s1. The molecular formula is C23H30N2O3S. The van der Waals surface area contributed by atoms with Crippen LogP contribution >= 0.6 is 0 Å². The van der Waals surface area contributed by atoms with E-state index in [1.165, 1.54) is 11.6 Å². The molecule has 0 bridgehead atoms. The maximum atomic E-state index is 13.0. The Balaban J connectivity index is 1.74. The van der Waals surface area contributed by atoms with Crippen molar-refractivity contribution in [3.05, 3.63) is 65.2 Å². The second-order valence-corrected chi connectivity index (χ2v) is 9.57. The fourth-order valence-electron chi connectivity index (χ4n) is 3.63. The van der Waals surface area contributed by atoms with Crippen LogP contribution in [0.15, 0.2) is 53.4 Å². The van der Waals surface area contributed by atoms with Crippen molar-refractivity contribution in [1.82, 2.24) is 9.62 Å². The van der Waals surface area contributed by atoms with Crippen LogP contribution in [0.1, 0.15) is 67.1 Å². The van der Waals surface area contributed by atoms with Crippen LogP contribution in [0, 0.1) is 0 Å². The summed E-state index contributed by atoms with van der Waals surface area (Å²) in [5.74, 6) is -0.273. The number of nitrogens with one attached hydrogen (secondary N) is 1. The minimum atomic E-state index is -3.58. The van der Waals surface area contributed by atoms with Crippen LogP contribution in [0.4, 0.5) is 0 Å². The summed E-state index contributed by atoms with van der Waals surface area (Å²) in [5, 5.41) is 2.97. The Hall–Kier alpha value is -2.18. The Labute approximate surface area is 174 Å². The van der Waals surface area contributed by atoms with Crippen LogP contribution in [0.2, 0.25) is 0 Å². The first-order valence-electron chi connectivity index (χ1n) is 10.4. The Morgan fingerprint density at radius 3 is 2.31 bits per heavy atom. The molecule has 156 valence electrons. The zero-order chi connectivity index (χ0) is 20.9. The summed E-state index contributed by atoms with van der Waals surface area (Å²) >= 11 is 0. The predicted molar refractivity (Wildman–Crippen MR) is 115 cm³/mol. The van der Waals surface area contributed by atoms with Crippen LogP contribution in [-0.2, 0) is 16.4 Å². The van der Waals surface area contributed by atoms with Gasteiger partial charge in [-0.25, -0.2) is 8.42 Å². The van der Waals surface area contributed by atoms with E-state index in [1.54, 1.807) is 22.5 Å². The largest absolute Gasteiger partial charge is 0.346 e. The molecule has 5 nitrogen and oxygen atoms in total. The molecule has 29 heavy (non-hydrogen) atoms. The molecule has 0 spiro atoms. The minimum Gasteiger partial charge on any atom is -0.346 e. The van der Waals surface area contributed by atoms with Crippen molar-refractivity contribution in [2.75, 3.05) is 13.1 Å². The van der Waals surface area contributed by atoms with E-state index in [9.17, 15) is 13.2 Å². The van der Waals surface area contributed by atoms with Gasteiger partial charge in [-0.1, -0.05) is 50.1 Å². The lowest BCUT2D eigenvalue weighted by Gasteiger charge is -2.20. The lowest BCUT2D eigenvalue weighted by Crippen LogP contribution is -2.32. The summed E-state index contributed by atoms with van der Waals surface area (Å²) in [4.78, 5) is 12.9. The van der Waals surface area contributed by atoms with E-state index >= 15 is 0 Å². The fraction of sp³-hybridized carbons (Fsp3) is 0.435. The van der Waals surface area contributed by atoms with Gasteiger partial charge in [0.15, 0.2) is 0 Å². The minimum absolute atomic E-state index is 0.167. The number of sulfonamides is 1. The van der Waals surface area contributed by atoms with Gasteiger partial charge in [-0.15, -0.1) is 0 Å². The lowest BCUT2D eigenvalue weighted by molar-refractivity contribution is 0.0939. The molecular weight excluding hydrogens is 384 g/mol. The molecule has 1 aliphatic rings. The lowest BCUT2D eigenvalue weighted by atomic mass is 10.0. The quantitative estimate of drug-likeness (QED) is 0.766. The number of hydrogen-bond acceptors (Lipinski definition) is 3. The molecule has 1 aliphatic heterocycles. The van der Waals surface area contributed by atoms with Crippen LogP contribution in [-0.4, -0.2) is 31.7 Å². The third-order valence-corrected chi connectivity index (χ3v) is 7.43. The number of carbonyl (C=O) groups excluding carboxylic acids is 1. The fourth-order valence-corrected chi connectivity index (χ4v) is 5.20. The van der Waals surface area contributed by atoms with Crippen molar-refractivity contribution >= 4 is 15.9 Å². The molecule has 1 fully saturated rings. The van der Waals surface area contributed by atoms with E-state index in [0.29, 0.717) is 18.7 Å². The maximum absolute atomic E-state index is 13.0. The molecule has 2 aromatic rings. The third-order valence-electron chi connectivity index (χ3n) is 5.53. The Kier molecular flexibility index (Phi) is 7.09. The van der Waals surface area contributed by atoms with Crippen LogP contribution in [0.3, 0.4) is 0 Å². The first-order chi connectivity index (χ1) is 13.9. The molecule has 3 rings (SSSR count). The predicted octanol–water partition coefficient (Wildman–Crippen LogP) is 4.30. The summed E-state index contributed by atoms with van der Waals surface area (Å²) in [5.41, 5.74) is 2.63. The highest BCUT2D eigenvalue weighted by Gasteiger charge is 2.26. The van der Waals surface area contributed by atoms with Crippen molar-refractivity contribution in [1.29, 1.82) is 0 Å². The zero-order valence-electron chi connectivity index (χ0n) is 17.2. The zero-order valence-corrected chi connectivity index (χ0v) is 18.0. The summed E-state index contributed by atoms with van der Waals surface area (Å²) in [6, 6.07) is 14.3. The normalized spacial score (nSPS) is 16.8. The molecule has 0 aliphatic carbocycles. The van der Waals surface area contributed by atoms with Crippen LogP contribution < -0.4 is 5.32 Å². The Morgan fingerprint density at radius 2 is 1.69 bits per heavy atom. The average molecular weight is 415 g/mol. The summed E-state index contributed by atoms with van der Waals surface area (Å²) in [6.45, 7) is 5.12. The molecule has 1 amide bonds. The van der Waals surface area contributed by atoms with Gasteiger partial charge in [-0.05, 0) is 55.5 Å². The van der Waals surface area contributed by atoms with E-state index < -0.39 is 10.0 Å². The van der Waals surface area contributed by atoms with Gasteiger partial charge in [0.05, 0.1) is 10.9 Å². The molecule has 6 heteroatoms. The molecule has 1 saturated heterocycles. The molecule has 0 radical (unpaired) electrons. The topological polar surface area (TPSA) is 66.5 Å². The highest BCUT2D eigenvalue weighted by atomic mass is 32.2. The van der Waals surface area contributed by atoms with E-state index in [1.807, 2.05) is 19.1 Å². The van der Waals surface area contributed by atoms with Gasteiger partial charge < -0.3 is 5.32 Å². The number of amides is 1. The van der Waals surface area contributed by atoms with Gasteiger partial charge in [0.2, 0.25) is 10.0 Å². The molecule has 0 unspecified atom stereocenters. The maximum Gasteiger partial charge on any atom is 0.251 e. The highest BCUT2D eigenvalue weighted by molar-refractivity contribution is 7.89. The van der Waals surface area contributed by atoms with Gasteiger partial charge >= 0.3 is 0 Å². The number of aryl methyl sites for hydroxylation is 1. The van der Waals surface area contributed by atoms with Crippen molar-refractivity contribution in [3.63, 3.8) is 0 Å². The van der Waals surface area contributed by atoms with E-state index in [-0.39, 0.29) is 16.8 Å². The number of nitrogens with zero attached hydrogens (tertiary/aromatic N) is 1. The van der Waals surface area contributed by atoms with E-state index in [4.69, 9.17) is 0 Å². The number of hydrogen-bond donors (Lipinski definition) is 1. The van der Waals surface area contributed by atoms with Crippen molar-refractivity contribution in [3.8, 4) is 0 Å².